The van der Waals surface area contributed by atoms with Crippen molar-refractivity contribution in [3.05, 3.63) is 89.6 Å². The number of rotatable bonds is 5. The van der Waals surface area contributed by atoms with Gasteiger partial charge in [0.15, 0.2) is 0 Å². The lowest BCUT2D eigenvalue weighted by atomic mass is 10.0. The molecule has 0 bridgehead atoms. The van der Waals surface area contributed by atoms with E-state index < -0.39 is 0 Å². The lowest BCUT2D eigenvalue weighted by molar-refractivity contribution is -0.122. The van der Waals surface area contributed by atoms with Gasteiger partial charge in [0.25, 0.3) is 5.91 Å². The summed E-state index contributed by atoms with van der Waals surface area (Å²) >= 11 is 0. The first kappa shape index (κ1) is 18.4. The summed E-state index contributed by atoms with van der Waals surface area (Å²) in [5.41, 5.74) is 2.10. The first-order valence-corrected chi connectivity index (χ1v) is 8.87. The van der Waals surface area contributed by atoms with Crippen molar-refractivity contribution in [2.45, 2.75) is 19.9 Å². The number of amides is 2. The Hall–Kier alpha value is -3.40. The summed E-state index contributed by atoms with van der Waals surface area (Å²) in [6.45, 7) is 3.31. The average Bonchev–Trinajstić information content (AvgIpc) is 2.68. The van der Waals surface area contributed by atoms with Gasteiger partial charge < -0.3 is 10.6 Å². The van der Waals surface area contributed by atoms with Gasteiger partial charge in [-0.25, -0.2) is 0 Å². The predicted octanol–water partition coefficient (Wildman–Crippen LogP) is 4.19. The second-order valence-corrected chi connectivity index (χ2v) is 6.41. The van der Waals surface area contributed by atoms with Crippen LogP contribution in [-0.2, 0) is 9.59 Å². The Morgan fingerprint density at radius 2 is 1.56 bits per heavy atom. The smallest absolute Gasteiger partial charge is 0.268 e. The van der Waals surface area contributed by atoms with E-state index in [1.807, 2.05) is 79.7 Å². The number of nitrogens with one attached hydrogen (secondary N) is 2. The summed E-state index contributed by atoms with van der Waals surface area (Å²) in [7, 11) is 0. The molecule has 0 heterocycles. The standard InChI is InChI=1S/C23H22N2O2/c1-16(18-9-4-3-5-10-18)24-23(27)22(25-17(2)26)15-20-13-8-12-19-11-6-7-14-21(19)20/h3-16H,1-2H3,(H,24,27)(H,25,26)/b22-15-/t16-/m0/s1. The molecular formula is C23H22N2O2. The fourth-order valence-corrected chi connectivity index (χ4v) is 2.98. The van der Waals surface area contributed by atoms with E-state index in [1.165, 1.54) is 6.92 Å². The molecular weight excluding hydrogens is 336 g/mol. The van der Waals surface area contributed by atoms with Crippen molar-refractivity contribution in [3.8, 4) is 0 Å². The van der Waals surface area contributed by atoms with E-state index >= 15 is 0 Å². The monoisotopic (exact) mass is 358 g/mol. The molecule has 27 heavy (non-hydrogen) atoms. The van der Waals surface area contributed by atoms with Gasteiger partial charge in [-0.15, -0.1) is 0 Å². The van der Waals surface area contributed by atoms with Gasteiger partial charge in [-0.3, -0.25) is 9.59 Å². The summed E-state index contributed by atoms with van der Waals surface area (Å²) < 4.78 is 0. The highest BCUT2D eigenvalue weighted by Gasteiger charge is 2.15. The Labute approximate surface area is 158 Å². The van der Waals surface area contributed by atoms with Crippen LogP contribution in [-0.4, -0.2) is 11.8 Å². The molecule has 0 saturated carbocycles. The molecule has 4 nitrogen and oxygen atoms in total. The topological polar surface area (TPSA) is 58.2 Å². The van der Waals surface area contributed by atoms with Crippen LogP contribution < -0.4 is 10.6 Å². The molecule has 4 heteroatoms. The first-order chi connectivity index (χ1) is 13.0. The Bertz CT molecular complexity index is 988. The minimum absolute atomic E-state index is 0.177. The second-order valence-electron chi connectivity index (χ2n) is 6.41. The summed E-state index contributed by atoms with van der Waals surface area (Å²) in [6, 6.07) is 23.3. The van der Waals surface area contributed by atoms with Crippen LogP contribution in [0, 0.1) is 0 Å². The molecule has 3 aromatic carbocycles. The molecule has 0 aliphatic rings. The summed E-state index contributed by atoms with van der Waals surface area (Å²) in [4.78, 5) is 24.4. The third-order valence-electron chi connectivity index (χ3n) is 4.33. The third kappa shape index (κ3) is 4.61. The summed E-state index contributed by atoms with van der Waals surface area (Å²) in [5.74, 6) is -0.613. The molecule has 0 radical (unpaired) electrons. The highest BCUT2D eigenvalue weighted by atomic mass is 16.2. The normalized spacial score (nSPS) is 12.4. The van der Waals surface area contributed by atoms with Crippen molar-refractivity contribution in [2.24, 2.45) is 0 Å². The molecule has 0 unspecified atom stereocenters. The second kappa shape index (κ2) is 8.32. The maximum Gasteiger partial charge on any atom is 0.268 e. The van der Waals surface area contributed by atoms with Crippen molar-refractivity contribution in [2.75, 3.05) is 0 Å². The fraction of sp³-hybridized carbons (Fsp3) is 0.130. The first-order valence-electron chi connectivity index (χ1n) is 8.87. The van der Waals surface area contributed by atoms with Crippen LogP contribution in [0.3, 0.4) is 0 Å². The largest absolute Gasteiger partial charge is 0.344 e. The number of hydrogen-bond acceptors (Lipinski definition) is 2. The lowest BCUT2D eigenvalue weighted by Gasteiger charge is -2.16. The van der Waals surface area contributed by atoms with Crippen LogP contribution in [0.25, 0.3) is 16.8 Å². The molecule has 0 spiro atoms. The highest BCUT2D eigenvalue weighted by Crippen LogP contribution is 2.21. The van der Waals surface area contributed by atoms with E-state index in [0.29, 0.717) is 0 Å². The zero-order valence-electron chi connectivity index (χ0n) is 15.4. The van der Waals surface area contributed by atoms with Crippen molar-refractivity contribution >= 4 is 28.7 Å². The molecule has 136 valence electrons. The van der Waals surface area contributed by atoms with Gasteiger partial charge in [0.05, 0.1) is 6.04 Å². The summed E-state index contributed by atoms with van der Waals surface area (Å²) in [6.07, 6.45) is 1.72. The molecule has 3 rings (SSSR count). The SMILES string of the molecule is CC(=O)N/C(=C\c1cccc2ccccc12)C(=O)N[C@@H](C)c1ccccc1. The third-order valence-corrected chi connectivity index (χ3v) is 4.33. The molecule has 1 atom stereocenters. The minimum atomic E-state index is -0.325. The van der Waals surface area contributed by atoms with Gasteiger partial charge in [-0.1, -0.05) is 72.8 Å². The Balaban J connectivity index is 1.92. The van der Waals surface area contributed by atoms with E-state index in [9.17, 15) is 9.59 Å². The fourth-order valence-electron chi connectivity index (χ4n) is 2.98. The van der Waals surface area contributed by atoms with Crippen molar-refractivity contribution in [1.82, 2.24) is 10.6 Å². The zero-order chi connectivity index (χ0) is 19.2. The zero-order valence-corrected chi connectivity index (χ0v) is 15.4. The van der Waals surface area contributed by atoms with Crippen LogP contribution in [0.4, 0.5) is 0 Å². The van der Waals surface area contributed by atoms with Gasteiger partial charge in [0.2, 0.25) is 5.91 Å². The maximum absolute atomic E-state index is 12.8. The lowest BCUT2D eigenvalue weighted by Crippen LogP contribution is -2.35. The van der Waals surface area contributed by atoms with Gasteiger partial charge in [0.1, 0.15) is 5.70 Å². The maximum atomic E-state index is 12.8. The van der Waals surface area contributed by atoms with Gasteiger partial charge >= 0.3 is 0 Å². The van der Waals surface area contributed by atoms with Gasteiger partial charge in [-0.05, 0) is 34.9 Å². The molecule has 2 N–H and O–H groups in total. The van der Waals surface area contributed by atoms with Crippen molar-refractivity contribution in [1.29, 1.82) is 0 Å². The molecule has 3 aromatic rings. The van der Waals surface area contributed by atoms with E-state index in [0.717, 1.165) is 21.9 Å². The number of fused-ring (bicyclic) bond motifs is 1. The molecule has 0 fully saturated rings. The van der Waals surface area contributed by atoms with Crippen LogP contribution in [0.2, 0.25) is 0 Å². The number of carbonyl (C=O) groups excluding carboxylic acids is 2. The van der Waals surface area contributed by atoms with Crippen LogP contribution in [0.1, 0.15) is 31.0 Å². The van der Waals surface area contributed by atoms with Crippen molar-refractivity contribution in [3.63, 3.8) is 0 Å². The van der Waals surface area contributed by atoms with E-state index in [1.54, 1.807) is 6.08 Å². The van der Waals surface area contributed by atoms with Crippen LogP contribution >= 0.6 is 0 Å². The average molecular weight is 358 g/mol. The van der Waals surface area contributed by atoms with E-state index in [4.69, 9.17) is 0 Å². The van der Waals surface area contributed by atoms with Gasteiger partial charge in [-0.2, -0.15) is 0 Å². The van der Waals surface area contributed by atoms with E-state index in [-0.39, 0.29) is 23.6 Å². The highest BCUT2D eigenvalue weighted by molar-refractivity contribution is 6.03. The Morgan fingerprint density at radius 1 is 0.889 bits per heavy atom. The number of benzene rings is 3. The minimum Gasteiger partial charge on any atom is -0.344 e. The van der Waals surface area contributed by atoms with Crippen LogP contribution in [0.15, 0.2) is 78.5 Å². The molecule has 0 aliphatic heterocycles. The summed E-state index contributed by atoms with van der Waals surface area (Å²) in [5, 5.41) is 7.70. The van der Waals surface area contributed by atoms with E-state index in [2.05, 4.69) is 10.6 Å². The van der Waals surface area contributed by atoms with Crippen molar-refractivity contribution < 1.29 is 9.59 Å². The molecule has 0 aromatic heterocycles. The number of hydrogen-bond donors (Lipinski definition) is 2. The molecule has 2 amide bonds. The van der Waals surface area contributed by atoms with Crippen LogP contribution in [0.5, 0.6) is 0 Å². The molecule has 0 aliphatic carbocycles. The predicted molar refractivity (Wildman–Crippen MR) is 109 cm³/mol. The quantitative estimate of drug-likeness (QED) is 0.672. The number of carbonyl (C=O) groups is 2. The Kier molecular flexibility index (Phi) is 5.67. The molecule has 0 saturated heterocycles. The van der Waals surface area contributed by atoms with Gasteiger partial charge in [0, 0.05) is 6.92 Å². The Morgan fingerprint density at radius 3 is 2.30 bits per heavy atom.